The fraction of sp³-hybridized carbons (Fsp3) is 0.923. The van der Waals surface area contributed by atoms with E-state index in [1.165, 1.54) is 6.54 Å². The Hall–Kier alpha value is -0.410. The molecule has 0 spiro atoms. The molecule has 16 heavy (non-hydrogen) atoms. The first kappa shape index (κ1) is 13.7. The average Bonchev–Trinajstić information content (AvgIpc) is 2.16. The summed E-state index contributed by atoms with van der Waals surface area (Å²) in [6.07, 6.45) is 0.699. The van der Waals surface area contributed by atoms with Crippen LogP contribution in [0.3, 0.4) is 0 Å². The molecule has 1 fully saturated rings. The van der Waals surface area contributed by atoms with Crippen molar-refractivity contribution < 1.29 is 4.79 Å². The third-order valence-electron chi connectivity index (χ3n) is 3.24. The van der Waals surface area contributed by atoms with Gasteiger partial charge in [0.1, 0.15) is 5.78 Å². The van der Waals surface area contributed by atoms with Gasteiger partial charge in [-0.2, -0.15) is 0 Å². The van der Waals surface area contributed by atoms with Crippen LogP contribution in [-0.4, -0.2) is 54.3 Å². The number of hydrogen-bond donors (Lipinski definition) is 0. The van der Waals surface area contributed by atoms with E-state index in [0.717, 1.165) is 32.1 Å². The molecule has 3 nitrogen and oxygen atoms in total. The van der Waals surface area contributed by atoms with Gasteiger partial charge in [-0.15, -0.1) is 0 Å². The Labute approximate surface area is 99.8 Å². The Balaban J connectivity index is 2.28. The standard InChI is InChI=1S/C13H26N2O/c1-11(2)10-14-5-7-15(8-6-14)12(3)9-13(4)16/h11-12H,5-10H2,1-4H3. The SMILES string of the molecule is CC(=O)CC(C)N1CCN(CC(C)C)CC1. The van der Waals surface area contributed by atoms with Gasteiger partial charge in [-0.3, -0.25) is 9.69 Å². The highest BCUT2D eigenvalue weighted by Gasteiger charge is 2.21. The van der Waals surface area contributed by atoms with Crippen molar-refractivity contribution in [2.45, 2.75) is 40.2 Å². The molecule has 0 bridgehead atoms. The Morgan fingerprint density at radius 1 is 1.12 bits per heavy atom. The second-order valence-corrected chi connectivity index (χ2v) is 5.49. The van der Waals surface area contributed by atoms with Gasteiger partial charge in [-0.25, -0.2) is 0 Å². The summed E-state index contributed by atoms with van der Waals surface area (Å²) in [7, 11) is 0. The summed E-state index contributed by atoms with van der Waals surface area (Å²) in [5, 5.41) is 0. The molecule has 0 aliphatic carbocycles. The van der Waals surface area contributed by atoms with Crippen molar-refractivity contribution in [2.24, 2.45) is 5.92 Å². The first-order chi connectivity index (χ1) is 7.49. The molecule has 0 amide bonds. The minimum Gasteiger partial charge on any atom is -0.301 e. The van der Waals surface area contributed by atoms with Crippen LogP contribution in [0.1, 0.15) is 34.1 Å². The van der Waals surface area contributed by atoms with Gasteiger partial charge in [0.25, 0.3) is 0 Å². The lowest BCUT2D eigenvalue weighted by Crippen LogP contribution is -2.50. The first-order valence-electron chi connectivity index (χ1n) is 6.45. The Bertz CT molecular complexity index is 220. The number of piperazine rings is 1. The molecule has 1 unspecified atom stereocenters. The van der Waals surface area contributed by atoms with Gasteiger partial charge < -0.3 is 4.90 Å². The van der Waals surface area contributed by atoms with Crippen LogP contribution >= 0.6 is 0 Å². The van der Waals surface area contributed by atoms with Crippen molar-refractivity contribution in [3.63, 3.8) is 0 Å². The fourth-order valence-electron chi connectivity index (χ4n) is 2.45. The zero-order chi connectivity index (χ0) is 12.1. The maximum atomic E-state index is 11.1. The van der Waals surface area contributed by atoms with Crippen molar-refractivity contribution in [1.29, 1.82) is 0 Å². The third-order valence-corrected chi connectivity index (χ3v) is 3.24. The van der Waals surface area contributed by atoms with E-state index in [9.17, 15) is 4.79 Å². The van der Waals surface area contributed by atoms with E-state index in [1.807, 2.05) is 0 Å². The second kappa shape index (κ2) is 6.36. The van der Waals surface area contributed by atoms with Crippen LogP contribution < -0.4 is 0 Å². The molecule has 0 aromatic rings. The fourth-order valence-corrected chi connectivity index (χ4v) is 2.45. The van der Waals surface area contributed by atoms with Gasteiger partial charge in [0.15, 0.2) is 0 Å². The van der Waals surface area contributed by atoms with Crippen molar-refractivity contribution in [3.05, 3.63) is 0 Å². The number of rotatable bonds is 5. The van der Waals surface area contributed by atoms with Crippen LogP contribution in [0.15, 0.2) is 0 Å². The van der Waals surface area contributed by atoms with Crippen LogP contribution in [0.5, 0.6) is 0 Å². The largest absolute Gasteiger partial charge is 0.301 e. The van der Waals surface area contributed by atoms with E-state index < -0.39 is 0 Å². The molecule has 1 heterocycles. The molecule has 0 radical (unpaired) electrons. The highest BCUT2D eigenvalue weighted by atomic mass is 16.1. The Morgan fingerprint density at radius 3 is 2.12 bits per heavy atom. The quantitative estimate of drug-likeness (QED) is 0.712. The summed E-state index contributed by atoms with van der Waals surface area (Å²) < 4.78 is 0. The molecule has 0 aromatic heterocycles. The van der Waals surface area contributed by atoms with Crippen molar-refractivity contribution in [3.8, 4) is 0 Å². The second-order valence-electron chi connectivity index (χ2n) is 5.49. The summed E-state index contributed by atoms with van der Waals surface area (Å²) in [4.78, 5) is 16.0. The number of carbonyl (C=O) groups excluding carboxylic acids is 1. The normalized spacial score (nSPS) is 21.3. The molecule has 1 aliphatic rings. The number of nitrogens with zero attached hydrogens (tertiary/aromatic N) is 2. The maximum Gasteiger partial charge on any atom is 0.131 e. The maximum absolute atomic E-state index is 11.1. The highest BCUT2D eigenvalue weighted by molar-refractivity contribution is 5.76. The number of ketones is 1. The van der Waals surface area contributed by atoms with Crippen LogP contribution in [0.2, 0.25) is 0 Å². The minimum atomic E-state index is 0.303. The smallest absolute Gasteiger partial charge is 0.131 e. The first-order valence-corrected chi connectivity index (χ1v) is 6.45. The summed E-state index contributed by atoms with van der Waals surface area (Å²) in [5.74, 6) is 1.05. The molecule has 0 aromatic carbocycles. The van der Waals surface area contributed by atoms with Crippen molar-refractivity contribution in [2.75, 3.05) is 32.7 Å². The van der Waals surface area contributed by atoms with Crippen LogP contribution in [0, 0.1) is 5.92 Å². The van der Waals surface area contributed by atoms with E-state index in [1.54, 1.807) is 6.92 Å². The van der Waals surface area contributed by atoms with Gasteiger partial charge in [0.05, 0.1) is 0 Å². The Kier molecular flexibility index (Phi) is 5.42. The molecular weight excluding hydrogens is 200 g/mol. The molecule has 1 aliphatic heterocycles. The van der Waals surface area contributed by atoms with E-state index in [2.05, 4.69) is 30.6 Å². The van der Waals surface area contributed by atoms with Gasteiger partial charge in [-0.1, -0.05) is 13.8 Å². The molecular formula is C13H26N2O. The van der Waals surface area contributed by atoms with E-state index in [0.29, 0.717) is 18.2 Å². The zero-order valence-corrected chi connectivity index (χ0v) is 11.2. The van der Waals surface area contributed by atoms with Crippen LogP contribution in [0.4, 0.5) is 0 Å². The monoisotopic (exact) mass is 226 g/mol. The zero-order valence-electron chi connectivity index (χ0n) is 11.2. The van der Waals surface area contributed by atoms with Gasteiger partial charge in [-0.05, 0) is 19.8 Å². The molecule has 1 atom stereocenters. The van der Waals surface area contributed by atoms with Gasteiger partial charge in [0, 0.05) is 45.2 Å². The molecule has 0 N–H and O–H groups in total. The van der Waals surface area contributed by atoms with E-state index >= 15 is 0 Å². The minimum absolute atomic E-state index is 0.303. The predicted octanol–water partition coefficient (Wildman–Crippen LogP) is 1.63. The molecule has 1 rings (SSSR count). The van der Waals surface area contributed by atoms with E-state index in [-0.39, 0.29) is 0 Å². The highest BCUT2D eigenvalue weighted by Crippen LogP contribution is 2.10. The topological polar surface area (TPSA) is 23.6 Å². The van der Waals surface area contributed by atoms with Crippen molar-refractivity contribution >= 4 is 5.78 Å². The van der Waals surface area contributed by atoms with E-state index in [4.69, 9.17) is 0 Å². The van der Waals surface area contributed by atoms with Gasteiger partial charge >= 0.3 is 0 Å². The molecule has 3 heteroatoms. The summed E-state index contributed by atoms with van der Waals surface area (Å²) in [6, 6.07) is 0.415. The lowest BCUT2D eigenvalue weighted by Gasteiger charge is -2.38. The number of carbonyl (C=O) groups is 1. The van der Waals surface area contributed by atoms with Gasteiger partial charge in [0.2, 0.25) is 0 Å². The predicted molar refractivity (Wildman–Crippen MR) is 67.6 cm³/mol. The summed E-state index contributed by atoms with van der Waals surface area (Å²) >= 11 is 0. The Morgan fingerprint density at radius 2 is 1.69 bits per heavy atom. The van der Waals surface area contributed by atoms with Crippen LogP contribution in [-0.2, 0) is 4.79 Å². The molecule has 0 saturated carbocycles. The molecule has 94 valence electrons. The number of Topliss-reactive ketones (excluding diaryl/α,β-unsaturated/α-hetero) is 1. The average molecular weight is 226 g/mol. The lowest BCUT2D eigenvalue weighted by atomic mass is 10.1. The molecule has 1 saturated heterocycles. The lowest BCUT2D eigenvalue weighted by molar-refractivity contribution is -0.118. The summed E-state index contributed by atoms with van der Waals surface area (Å²) in [5.41, 5.74) is 0. The van der Waals surface area contributed by atoms with Crippen LogP contribution in [0.25, 0.3) is 0 Å². The third kappa shape index (κ3) is 4.62. The number of hydrogen-bond acceptors (Lipinski definition) is 3. The van der Waals surface area contributed by atoms with Crippen molar-refractivity contribution in [1.82, 2.24) is 9.80 Å². The summed E-state index contributed by atoms with van der Waals surface area (Å²) in [6.45, 7) is 14.1.